The first-order chi connectivity index (χ1) is 8.58. The maximum absolute atomic E-state index is 11.3. The largest absolute Gasteiger partial charge is 0.548 e. The minimum absolute atomic E-state index is 0.0870. The molecule has 3 heteroatoms. The molecule has 1 aromatic rings. The minimum atomic E-state index is -1.00. The van der Waals surface area contributed by atoms with Gasteiger partial charge in [-0.3, -0.25) is 0 Å². The van der Waals surface area contributed by atoms with Gasteiger partial charge in [0.2, 0.25) is 0 Å². The lowest BCUT2D eigenvalue weighted by atomic mass is 9.77. The normalized spacial score (nSPS) is 28.4. The lowest BCUT2D eigenvalue weighted by molar-refractivity contribution is -0.308. The molecular weight excluding hydrogens is 226 g/mol. The van der Waals surface area contributed by atoms with Crippen molar-refractivity contribution in [1.82, 2.24) is 0 Å². The molecule has 0 bridgehead atoms. The van der Waals surface area contributed by atoms with Crippen molar-refractivity contribution in [3.05, 3.63) is 41.0 Å². The summed E-state index contributed by atoms with van der Waals surface area (Å²) >= 11 is 0. The number of carbonyl (C=O) groups is 1. The standard InChI is InChI=1S/C15H17NO2/c1-8-6-9(2)13-10-4-3-5-11(10)14(15(17)18)16-12(13)7-8/h3-4,6-7,10-11,14,16H,5H2,1-2H3,(H,17,18)/p-1/t10-,11+,14+/m0/s1. The smallest absolute Gasteiger partial charge is 0.0698 e. The van der Waals surface area contributed by atoms with Gasteiger partial charge in [-0.15, -0.1) is 0 Å². The topological polar surface area (TPSA) is 52.2 Å². The third-order valence-corrected chi connectivity index (χ3v) is 4.07. The third kappa shape index (κ3) is 1.54. The number of hydrogen-bond acceptors (Lipinski definition) is 3. The molecule has 0 saturated carbocycles. The van der Waals surface area contributed by atoms with E-state index in [1.165, 1.54) is 11.1 Å². The Bertz CT molecular complexity index is 548. The number of fused-ring (bicyclic) bond motifs is 3. The highest BCUT2D eigenvalue weighted by atomic mass is 16.4. The van der Waals surface area contributed by atoms with Gasteiger partial charge in [0.1, 0.15) is 0 Å². The molecule has 1 N–H and O–H groups in total. The quantitative estimate of drug-likeness (QED) is 0.759. The van der Waals surface area contributed by atoms with E-state index in [1.807, 2.05) is 13.0 Å². The van der Waals surface area contributed by atoms with Gasteiger partial charge in [0.25, 0.3) is 0 Å². The molecule has 0 radical (unpaired) electrons. The summed E-state index contributed by atoms with van der Waals surface area (Å²) in [4.78, 5) is 11.3. The van der Waals surface area contributed by atoms with Gasteiger partial charge in [0.05, 0.1) is 12.0 Å². The first kappa shape index (κ1) is 11.3. The van der Waals surface area contributed by atoms with Gasteiger partial charge in [-0.1, -0.05) is 18.2 Å². The van der Waals surface area contributed by atoms with Crippen molar-refractivity contribution in [2.75, 3.05) is 5.32 Å². The van der Waals surface area contributed by atoms with E-state index in [0.29, 0.717) is 0 Å². The highest BCUT2D eigenvalue weighted by molar-refractivity contribution is 5.79. The Kier molecular flexibility index (Phi) is 2.44. The highest BCUT2D eigenvalue weighted by Gasteiger charge is 2.38. The summed E-state index contributed by atoms with van der Waals surface area (Å²) < 4.78 is 0. The van der Waals surface area contributed by atoms with Gasteiger partial charge in [0.15, 0.2) is 0 Å². The Morgan fingerprint density at radius 2 is 2.17 bits per heavy atom. The molecule has 1 heterocycles. The van der Waals surface area contributed by atoms with E-state index < -0.39 is 12.0 Å². The van der Waals surface area contributed by atoms with Crippen molar-refractivity contribution in [3.63, 3.8) is 0 Å². The fourth-order valence-corrected chi connectivity index (χ4v) is 3.37. The lowest BCUT2D eigenvalue weighted by Gasteiger charge is -2.38. The molecule has 0 saturated heterocycles. The van der Waals surface area contributed by atoms with Gasteiger partial charge in [-0.05, 0) is 48.9 Å². The lowest BCUT2D eigenvalue weighted by Crippen LogP contribution is -2.49. The second kappa shape index (κ2) is 3.87. The van der Waals surface area contributed by atoms with Crippen LogP contribution in [0.15, 0.2) is 24.3 Å². The van der Waals surface area contributed by atoms with Crippen LogP contribution in [0.25, 0.3) is 0 Å². The van der Waals surface area contributed by atoms with Crippen molar-refractivity contribution >= 4 is 11.7 Å². The summed E-state index contributed by atoms with van der Waals surface area (Å²) in [6.07, 6.45) is 5.03. The fraction of sp³-hybridized carbons (Fsp3) is 0.400. The van der Waals surface area contributed by atoms with Gasteiger partial charge in [0, 0.05) is 11.6 Å². The number of aryl methyl sites for hydroxylation is 2. The fourth-order valence-electron chi connectivity index (χ4n) is 3.37. The average molecular weight is 242 g/mol. The van der Waals surface area contributed by atoms with Gasteiger partial charge >= 0.3 is 0 Å². The van der Waals surface area contributed by atoms with E-state index >= 15 is 0 Å². The van der Waals surface area contributed by atoms with Crippen LogP contribution in [0.5, 0.6) is 0 Å². The van der Waals surface area contributed by atoms with Gasteiger partial charge < -0.3 is 15.2 Å². The molecule has 3 atom stereocenters. The second-order valence-electron chi connectivity index (χ2n) is 5.34. The molecule has 0 unspecified atom stereocenters. The van der Waals surface area contributed by atoms with Crippen molar-refractivity contribution in [2.45, 2.75) is 32.2 Å². The highest BCUT2D eigenvalue weighted by Crippen LogP contribution is 2.46. The summed E-state index contributed by atoms with van der Waals surface area (Å²) in [6, 6.07) is 3.60. The number of aliphatic carboxylic acids is 1. The van der Waals surface area contributed by atoms with Crippen LogP contribution in [0.3, 0.4) is 0 Å². The van der Waals surface area contributed by atoms with Crippen molar-refractivity contribution < 1.29 is 9.90 Å². The Morgan fingerprint density at radius 1 is 1.39 bits per heavy atom. The molecule has 0 aromatic heterocycles. The number of carbonyl (C=O) groups excluding carboxylic acids is 1. The molecule has 1 aliphatic heterocycles. The van der Waals surface area contributed by atoms with E-state index in [-0.39, 0.29) is 11.8 Å². The zero-order chi connectivity index (χ0) is 12.9. The number of carboxylic acids is 1. The average Bonchev–Trinajstić information content (AvgIpc) is 2.75. The summed E-state index contributed by atoms with van der Waals surface area (Å²) in [5, 5.41) is 14.4. The van der Waals surface area contributed by atoms with Crippen LogP contribution in [0.2, 0.25) is 0 Å². The summed E-state index contributed by atoms with van der Waals surface area (Å²) in [7, 11) is 0. The van der Waals surface area contributed by atoms with Crippen LogP contribution in [-0.2, 0) is 4.79 Å². The molecule has 2 aliphatic rings. The number of anilines is 1. The van der Waals surface area contributed by atoms with Crippen LogP contribution >= 0.6 is 0 Å². The van der Waals surface area contributed by atoms with Crippen molar-refractivity contribution in [3.8, 4) is 0 Å². The molecular formula is C15H16NO2-. The number of hydrogen-bond donors (Lipinski definition) is 1. The molecule has 0 amide bonds. The van der Waals surface area contributed by atoms with Crippen molar-refractivity contribution in [2.24, 2.45) is 5.92 Å². The first-order valence-electron chi connectivity index (χ1n) is 6.33. The predicted molar refractivity (Wildman–Crippen MR) is 68.3 cm³/mol. The van der Waals surface area contributed by atoms with Crippen LogP contribution in [0.1, 0.15) is 29.0 Å². The number of carboxylic acid groups (broad SMARTS) is 1. The monoisotopic (exact) mass is 242 g/mol. The number of nitrogens with one attached hydrogen (secondary N) is 1. The SMILES string of the molecule is Cc1cc(C)c2c(c1)N[C@@H](C(=O)[O-])[C@@H]1CC=C[C@H]21. The molecule has 94 valence electrons. The molecule has 0 spiro atoms. The Labute approximate surface area is 107 Å². The zero-order valence-corrected chi connectivity index (χ0v) is 10.6. The minimum Gasteiger partial charge on any atom is -0.548 e. The molecule has 1 aromatic carbocycles. The molecule has 3 rings (SSSR count). The maximum atomic E-state index is 11.3. The molecule has 18 heavy (non-hydrogen) atoms. The van der Waals surface area contributed by atoms with Crippen LogP contribution in [0.4, 0.5) is 5.69 Å². The van der Waals surface area contributed by atoms with Crippen LogP contribution in [0, 0.1) is 19.8 Å². The van der Waals surface area contributed by atoms with E-state index in [2.05, 4.69) is 30.5 Å². The second-order valence-corrected chi connectivity index (χ2v) is 5.34. The van der Waals surface area contributed by atoms with Crippen molar-refractivity contribution in [1.29, 1.82) is 0 Å². The Morgan fingerprint density at radius 3 is 2.89 bits per heavy atom. The van der Waals surface area contributed by atoms with E-state index in [0.717, 1.165) is 17.7 Å². The first-order valence-corrected chi connectivity index (χ1v) is 6.33. The number of rotatable bonds is 1. The number of benzene rings is 1. The van der Waals surface area contributed by atoms with Crippen LogP contribution < -0.4 is 10.4 Å². The third-order valence-electron chi connectivity index (χ3n) is 4.07. The van der Waals surface area contributed by atoms with Gasteiger partial charge in [-0.2, -0.15) is 0 Å². The van der Waals surface area contributed by atoms with E-state index in [9.17, 15) is 9.90 Å². The summed E-state index contributed by atoms with van der Waals surface area (Å²) in [5.41, 5.74) is 4.58. The molecule has 0 fully saturated rings. The van der Waals surface area contributed by atoms with E-state index in [1.54, 1.807) is 0 Å². The summed E-state index contributed by atoms with van der Waals surface area (Å²) in [5.74, 6) is -0.702. The van der Waals surface area contributed by atoms with Gasteiger partial charge in [-0.25, -0.2) is 0 Å². The van der Waals surface area contributed by atoms with E-state index in [4.69, 9.17) is 0 Å². The summed E-state index contributed by atoms with van der Waals surface area (Å²) in [6.45, 7) is 4.12. The number of allylic oxidation sites excluding steroid dienone is 2. The molecule has 3 nitrogen and oxygen atoms in total. The Balaban J connectivity index is 2.14. The molecule has 1 aliphatic carbocycles. The maximum Gasteiger partial charge on any atom is 0.0698 e. The predicted octanol–water partition coefficient (Wildman–Crippen LogP) is 1.51. The van der Waals surface area contributed by atoms with Crippen LogP contribution in [-0.4, -0.2) is 12.0 Å². The Hall–Kier alpha value is -1.77. The zero-order valence-electron chi connectivity index (χ0n) is 10.6.